The summed E-state index contributed by atoms with van der Waals surface area (Å²) in [7, 11) is 0. The summed E-state index contributed by atoms with van der Waals surface area (Å²) in [5, 5.41) is 8.02. The van der Waals surface area contributed by atoms with E-state index in [1.54, 1.807) is 17.0 Å². The van der Waals surface area contributed by atoms with E-state index in [0.717, 1.165) is 11.1 Å². The second kappa shape index (κ2) is 11.6. The van der Waals surface area contributed by atoms with Gasteiger partial charge in [-0.05, 0) is 61.7 Å². The molecule has 5 rings (SSSR count). The van der Waals surface area contributed by atoms with E-state index in [-0.39, 0.29) is 24.1 Å². The third kappa shape index (κ3) is 5.68. The smallest absolute Gasteiger partial charge is 0.268 e. The molecule has 0 bridgehead atoms. The van der Waals surface area contributed by atoms with E-state index in [9.17, 15) is 14.4 Å². The number of H-pyrrole nitrogens is 1. The zero-order valence-corrected chi connectivity index (χ0v) is 23.6. The lowest BCUT2D eigenvalue weighted by molar-refractivity contribution is -0.131. The number of anilines is 2. The first-order valence-corrected chi connectivity index (χ1v) is 13.7. The minimum Gasteiger partial charge on any atom is -0.308 e. The van der Waals surface area contributed by atoms with Crippen LogP contribution in [0.15, 0.2) is 96.8 Å². The average Bonchev–Trinajstić information content (AvgIpc) is 3.33. The molecule has 0 spiro atoms. The number of nitrogens with zero attached hydrogens (tertiary/aromatic N) is 4. The summed E-state index contributed by atoms with van der Waals surface area (Å²) in [6, 6.07) is 24.3. The number of amides is 3. The Balaban J connectivity index is 1.52. The fourth-order valence-corrected chi connectivity index (χ4v) is 4.90. The van der Waals surface area contributed by atoms with Gasteiger partial charge in [0.2, 0.25) is 5.91 Å². The first kappa shape index (κ1) is 27.6. The van der Waals surface area contributed by atoms with Crippen LogP contribution in [-0.4, -0.2) is 45.4 Å². The summed E-state index contributed by atoms with van der Waals surface area (Å²) in [6.45, 7) is 7.87. The van der Waals surface area contributed by atoms with E-state index in [1.807, 2.05) is 80.6 Å². The number of nitrogens with one attached hydrogen (secondary N) is 1. The van der Waals surface area contributed by atoms with E-state index in [0.29, 0.717) is 22.8 Å². The Kier molecular flexibility index (Phi) is 7.83. The number of fused-ring (bicyclic) bond motifs is 1. The van der Waals surface area contributed by atoms with Gasteiger partial charge in [0, 0.05) is 35.2 Å². The minimum absolute atomic E-state index is 0.0848. The van der Waals surface area contributed by atoms with Gasteiger partial charge in [0.15, 0.2) is 0 Å². The van der Waals surface area contributed by atoms with Crippen LogP contribution in [0.1, 0.15) is 44.9 Å². The molecule has 41 heavy (non-hydrogen) atoms. The van der Waals surface area contributed by atoms with Crippen molar-refractivity contribution in [3.05, 3.63) is 108 Å². The molecule has 0 fully saturated rings. The third-order valence-corrected chi connectivity index (χ3v) is 7.08. The highest BCUT2D eigenvalue weighted by Gasteiger charge is 2.33. The lowest BCUT2D eigenvalue weighted by Crippen LogP contribution is -2.44. The van der Waals surface area contributed by atoms with Crippen LogP contribution in [0.5, 0.6) is 0 Å². The summed E-state index contributed by atoms with van der Waals surface area (Å²) < 4.78 is 0. The van der Waals surface area contributed by atoms with Crippen molar-refractivity contribution in [3.63, 3.8) is 0 Å². The first-order chi connectivity index (χ1) is 19.7. The zero-order chi connectivity index (χ0) is 29.1. The largest absolute Gasteiger partial charge is 0.308 e. The van der Waals surface area contributed by atoms with Crippen LogP contribution >= 0.6 is 0 Å². The Morgan fingerprint density at radius 2 is 1.56 bits per heavy atom. The molecule has 1 aromatic heterocycles. The van der Waals surface area contributed by atoms with E-state index < -0.39 is 11.8 Å². The summed E-state index contributed by atoms with van der Waals surface area (Å²) in [4.78, 5) is 45.9. The molecular formula is C33H33N5O3. The lowest BCUT2D eigenvalue weighted by Gasteiger charge is -2.29. The van der Waals surface area contributed by atoms with Gasteiger partial charge in [-0.3, -0.25) is 24.4 Å². The number of aromatic amines is 1. The maximum Gasteiger partial charge on any atom is 0.268 e. The highest BCUT2D eigenvalue weighted by Crippen LogP contribution is 2.26. The van der Waals surface area contributed by atoms with Crippen LogP contribution in [0, 0.1) is 0 Å². The van der Waals surface area contributed by atoms with E-state index in [2.05, 4.69) is 24.0 Å². The molecule has 2 heterocycles. The second-order valence-corrected chi connectivity index (χ2v) is 10.6. The molecule has 0 saturated carbocycles. The molecule has 0 radical (unpaired) electrons. The second-order valence-electron chi connectivity index (χ2n) is 10.6. The van der Waals surface area contributed by atoms with Crippen molar-refractivity contribution in [1.82, 2.24) is 15.1 Å². The highest BCUT2D eigenvalue weighted by atomic mass is 16.2. The quantitative estimate of drug-likeness (QED) is 0.232. The fourth-order valence-electron chi connectivity index (χ4n) is 4.90. The third-order valence-electron chi connectivity index (χ3n) is 7.08. The molecule has 0 aliphatic carbocycles. The van der Waals surface area contributed by atoms with Gasteiger partial charge in [-0.2, -0.15) is 5.10 Å². The molecule has 4 aromatic rings. The van der Waals surface area contributed by atoms with Gasteiger partial charge in [0.05, 0.1) is 11.2 Å². The molecule has 1 N–H and O–H groups in total. The number of hydrogen-bond acceptors (Lipinski definition) is 4. The van der Waals surface area contributed by atoms with E-state index >= 15 is 0 Å². The van der Waals surface area contributed by atoms with Gasteiger partial charge in [-0.15, -0.1) is 0 Å². The monoisotopic (exact) mass is 547 g/mol. The minimum atomic E-state index is -0.574. The molecule has 3 amide bonds. The normalized spacial score (nSPS) is 14.9. The topological polar surface area (TPSA) is 89.6 Å². The molecule has 0 atom stereocenters. The average molecular weight is 548 g/mol. The number of aromatic nitrogens is 2. The zero-order valence-electron chi connectivity index (χ0n) is 23.6. The Morgan fingerprint density at radius 3 is 2.24 bits per heavy atom. The van der Waals surface area contributed by atoms with Gasteiger partial charge in [-0.1, -0.05) is 62.4 Å². The molecule has 8 nitrogen and oxygen atoms in total. The predicted octanol–water partition coefficient (Wildman–Crippen LogP) is 5.86. The SMILES string of the molecule is CC(C)c1ccc(N(C(=O)CN2C=CN(c3ccccc3)C(=O)/C(=C/c3[nH]nc4ccccc34)C2=O)C(C)C)cc1. The standard InChI is InChI=1S/C33H33N5O3/c1-22(2)24-14-16-26(17-15-24)38(23(3)4)31(39)21-36-18-19-37(25-10-6-5-7-11-25)33(41)28(32(36)40)20-30-27-12-8-9-13-29(27)34-35-30/h5-20,22-23H,21H2,1-4H3,(H,34,35)/b28-20+. The van der Waals surface area contributed by atoms with Crippen LogP contribution in [0.3, 0.4) is 0 Å². The van der Waals surface area contributed by atoms with Crippen molar-refractivity contribution in [2.24, 2.45) is 0 Å². The van der Waals surface area contributed by atoms with E-state index in [4.69, 9.17) is 0 Å². The summed E-state index contributed by atoms with van der Waals surface area (Å²) in [5.41, 5.74) is 3.70. The molecule has 208 valence electrons. The van der Waals surface area contributed by atoms with Gasteiger partial charge in [0.1, 0.15) is 12.1 Å². The number of rotatable bonds is 7. The maximum atomic E-state index is 13.9. The Morgan fingerprint density at radius 1 is 0.878 bits per heavy atom. The molecule has 8 heteroatoms. The molecule has 3 aromatic carbocycles. The van der Waals surface area contributed by atoms with Crippen LogP contribution in [0.25, 0.3) is 17.0 Å². The van der Waals surface area contributed by atoms with Crippen LogP contribution < -0.4 is 9.80 Å². The number of benzene rings is 3. The van der Waals surface area contributed by atoms with Gasteiger partial charge >= 0.3 is 0 Å². The number of para-hydroxylation sites is 2. The predicted molar refractivity (Wildman–Crippen MR) is 162 cm³/mol. The van der Waals surface area contributed by atoms with Crippen molar-refractivity contribution >= 4 is 46.1 Å². The molecule has 0 unspecified atom stereocenters. The molecular weight excluding hydrogens is 514 g/mol. The molecule has 1 aliphatic heterocycles. The molecule has 1 aliphatic rings. The Hall–Kier alpha value is -4.98. The Labute approximate surface area is 239 Å². The van der Waals surface area contributed by atoms with Crippen LogP contribution in [-0.2, 0) is 14.4 Å². The summed E-state index contributed by atoms with van der Waals surface area (Å²) in [5.74, 6) is -0.969. The van der Waals surface area contributed by atoms with E-state index in [1.165, 1.54) is 33.8 Å². The summed E-state index contributed by atoms with van der Waals surface area (Å²) >= 11 is 0. The van der Waals surface area contributed by atoms with Gasteiger partial charge < -0.3 is 9.80 Å². The Bertz CT molecular complexity index is 1630. The van der Waals surface area contributed by atoms with Crippen molar-refractivity contribution < 1.29 is 14.4 Å². The first-order valence-electron chi connectivity index (χ1n) is 13.7. The molecule has 0 saturated heterocycles. The number of hydrogen-bond donors (Lipinski definition) is 1. The van der Waals surface area contributed by atoms with Crippen molar-refractivity contribution in [1.29, 1.82) is 0 Å². The highest BCUT2D eigenvalue weighted by molar-refractivity contribution is 6.28. The van der Waals surface area contributed by atoms with Crippen LogP contribution in [0.2, 0.25) is 0 Å². The van der Waals surface area contributed by atoms with Crippen molar-refractivity contribution in [2.75, 3.05) is 16.3 Å². The maximum absolute atomic E-state index is 13.9. The lowest BCUT2D eigenvalue weighted by atomic mass is 10.0. The fraction of sp³-hybridized carbons (Fsp3) is 0.212. The van der Waals surface area contributed by atoms with Crippen LogP contribution in [0.4, 0.5) is 11.4 Å². The van der Waals surface area contributed by atoms with Crippen molar-refractivity contribution in [2.45, 2.75) is 39.7 Å². The van der Waals surface area contributed by atoms with Gasteiger partial charge in [0.25, 0.3) is 11.8 Å². The summed E-state index contributed by atoms with van der Waals surface area (Å²) in [6.07, 6.45) is 4.55. The number of carbonyl (C=O) groups excluding carboxylic acids is 3. The number of carbonyl (C=O) groups is 3. The van der Waals surface area contributed by atoms with Gasteiger partial charge in [-0.25, -0.2) is 0 Å². The van der Waals surface area contributed by atoms with Crippen molar-refractivity contribution in [3.8, 4) is 0 Å².